The van der Waals surface area contributed by atoms with Gasteiger partial charge >= 0.3 is 0 Å². The third-order valence-corrected chi connectivity index (χ3v) is 1.77. The van der Waals surface area contributed by atoms with Gasteiger partial charge in [0.2, 0.25) is 0 Å². The van der Waals surface area contributed by atoms with Crippen molar-refractivity contribution >= 4 is 0 Å². The molecule has 1 heteroatoms. The molecule has 0 saturated heterocycles. The minimum Gasteiger partial charge on any atom is -0.313 e. The summed E-state index contributed by atoms with van der Waals surface area (Å²) >= 11 is 0. The van der Waals surface area contributed by atoms with E-state index in [1.165, 1.54) is 0 Å². The highest BCUT2D eigenvalue weighted by Gasteiger charge is 2.08. The highest BCUT2D eigenvalue weighted by Crippen LogP contribution is 2.04. The van der Waals surface area contributed by atoms with Gasteiger partial charge in [0.25, 0.3) is 0 Å². The van der Waals surface area contributed by atoms with Crippen molar-refractivity contribution in [3.05, 3.63) is 0 Å². The average molecular weight is 153 g/mol. The van der Waals surface area contributed by atoms with Crippen molar-refractivity contribution in [2.24, 2.45) is 5.92 Å². The number of nitrogens with one attached hydrogen (secondary N) is 1. The van der Waals surface area contributed by atoms with Gasteiger partial charge in [-0.25, -0.2) is 0 Å². The summed E-state index contributed by atoms with van der Waals surface area (Å²) < 4.78 is 0. The van der Waals surface area contributed by atoms with E-state index in [9.17, 15) is 0 Å². The zero-order valence-corrected chi connectivity index (χ0v) is 8.07. The van der Waals surface area contributed by atoms with Crippen LogP contribution in [0.15, 0.2) is 0 Å². The molecule has 0 fully saturated rings. The molecule has 0 aromatic rings. The van der Waals surface area contributed by atoms with Crippen LogP contribution in [0.5, 0.6) is 0 Å². The molecule has 11 heavy (non-hydrogen) atoms. The molecule has 64 valence electrons. The summed E-state index contributed by atoms with van der Waals surface area (Å²) in [5.41, 5.74) is 0. The summed E-state index contributed by atoms with van der Waals surface area (Å²) in [6, 6.07) is 0.562. The molecular weight excluding hydrogens is 134 g/mol. The number of rotatable bonds is 4. The Morgan fingerprint density at radius 2 is 2.00 bits per heavy atom. The van der Waals surface area contributed by atoms with Crippen LogP contribution in [0.2, 0.25) is 0 Å². The molecule has 0 aromatic carbocycles. The van der Waals surface area contributed by atoms with Gasteiger partial charge in [-0.3, -0.25) is 0 Å². The van der Waals surface area contributed by atoms with Crippen molar-refractivity contribution in [3.63, 3.8) is 0 Å². The summed E-state index contributed by atoms with van der Waals surface area (Å²) in [7, 11) is 0. The third-order valence-electron chi connectivity index (χ3n) is 1.77. The van der Waals surface area contributed by atoms with Crippen molar-refractivity contribution in [1.82, 2.24) is 5.32 Å². The summed E-state index contributed by atoms with van der Waals surface area (Å²) in [4.78, 5) is 0. The van der Waals surface area contributed by atoms with E-state index in [1.807, 2.05) is 6.92 Å². The van der Waals surface area contributed by atoms with Crippen LogP contribution in [0.3, 0.4) is 0 Å². The van der Waals surface area contributed by atoms with E-state index in [4.69, 9.17) is 0 Å². The predicted octanol–water partition coefficient (Wildman–Crippen LogP) is 2.03. The van der Waals surface area contributed by atoms with Gasteiger partial charge in [0, 0.05) is 12.5 Å². The molecule has 0 spiro atoms. The van der Waals surface area contributed by atoms with Crippen LogP contribution in [0.25, 0.3) is 0 Å². The standard InChI is InChI=1S/C10H19N/c1-5-7-8-10(9(3)4)11-6-2/h9-11H,6,8H2,1-4H3. The molecule has 1 N–H and O–H groups in total. The van der Waals surface area contributed by atoms with Crippen molar-refractivity contribution in [2.75, 3.05) is 6.54 Å². The van der Waals surface area contributed by atoms with Crippen LogP contribution in [0, 0.1) is 17.8 Å². The average Bonchev–Trinajstić information content (AvgIpc) is 1.97. The van der Waals surface area contributed by atoms with Crippen LogP contribution in [-0.2, 0) is 0 Å². The maximum atomic E-state index is 3.41. The Labute approximate surface area is 70.6 Å². The molecule has 0 aliphatic carbocycles. The molecule has 0 amide bonds. The first kappa shape index (κ1) is 10.5. The Morgan fingerprint density at radius 3 is 2.36 bits per heavy atom. The zero-order valence-electron chi connectivity index (χ0n) is 8.07. The minimum atomic E-state index is 0.562. The van der Waals surface area contributed by atoms with Crippen molar-refractivity contribution in [3.8, 4) is 11.8 Å². The molecule has 0 bridgehead atoms. The van der Waals surface area contributed by atoms with Crippen LogP contribution in [-0.4, -0.2) is 12.6 Å². The largest absolute Gasteiger partial charge is 0.313 e. The van der Waals surface area contributed by atoms with Gasteiger partial charge in [0.05, 0.1) is 0 Å². The van der Waals surface area contributed by atoms with Gasteiger partial charge in [-0.2, -0.15) is 0 Å². The Kier molecular flexibility index (Phi) is 5.97. The monoisotopic (exact) mass is 153 g/mol. The van der Waals surface area contributed by atoms with Gasteiger partial charge in [-0.05, 0) is 19.4 Å². The highest BCUT2D eigenvalue weighted by atomic mass is 14.9. The maximum absolute atomic E-state index is 3.41. The van der Waals surface area contributed by atoms with E-state index < -0.39 is 0 Å². The fraction of sp³-hybridized carbons (Fsp3) is 0.800. The van der Waals surface area contributed by atoms with E-state index in [1.54, 1.807) is 0 Å². The van der Waals surface area contributed by atoms with Crippen molar-refractivity contribution in [2.45, 2.75) is 40.2 Å². The first-order valence-corrected chi connectivity index (χ1v) is 4.35. The molecule has 0 heterocycles. The molecule has 0 saturated carbocycles. The Morgan fingerprint density at radius 1 is 1.36 bits per heavy atom. The first-order valence-electron chi connectivity index (χ1n) is 4.35. The second kappa shape index (κ2) is 6.24. The van der Waals surface area contributed by atoms with E-state index >= 15 is 0 Å². The van der Waals surface area contributed by atoms with Gasteiger partial charge in [0.1, 0.15) is 0 Å². The molecule has 1 nitrogen and oxygen atoms in total. The number of hydrogen-bond donors (Lipinski definition) is 1. The smallest absolute Gasteiger partial charge is 0.0245 e. The molecule has 0 aromatic heterocycles. The molecule has 1 atom stereocenters. The Hall–Kier alpha value is -0.480. The van der Waals surface area contributed by atoms with Crippen LogP contribution >= 0.6 is 0 Å². The van der Waals surface area contributed by atoms with Gasteiger partial charge in [-0.1, -0.05) is 20.8 Å². The van der Waals surface area contributed by atoms with Gasteiger partial charge in [0.15, 0.2) is 0 Å². The van der Waals surface area contributed by atoms with Crippen LogP contribution < -0.4 is 5.32 Å². The summed E-state index contributed by atoms with van der Waals surface area (Å²) in [5, 5.41) is 3.41. The first-order chi connectivity index (χ1) is 5.22. The molecule has 0 rings (SSSR count). The van der Waals surface area contributed by atoms with Gasteiger partial charge in [-0.15, -0.1) is 11.8 Å². The Balaban J connectivity index is 3.75. The van der Waals surface area contributed by atoms with E-state index in [0.717, 1.165) is 13.0 Å². The van der Waals surface area contributed by atoms with Crippen LogP contribution in [0.1, 0.15) is 34.1 Å². The summed E-state index contributed by atoms with van der Waals surface area (Å²) in [6.07, 6.45) is 0.974. The molecular formula is C10H19N. The highest BCUT2D eigenvalue weighted by molar-refractivity contribution is 4.98. The zero-order chi connectivity index (χ0) is 8.69. The van der Waals surface area contributed by atoms with E-state index in [-0.39, 0.29) is 0 Å². The van der Waals surface area contributed by atoms with E-state index in [2.05, 4.69) is 37.9 Å². The lowest BCUT2D eigenvalue weighted by atomic mass is 10.0. The summed E-state index contributed by atoms with van der Waals surface area (Å²) in [5.74, 6) is 6.70. The minimum absolute atomic E-state index is 0.562. The Bertz CT molecular complexity index is 139. The maximum Gasteiger partial charge on any atom is 0.0245 e. The lowest BCUT2D eigenvalue weighted by molar-refractivity contribution is 0.415. The molecule has 1 unspecified atom stereocenters. The predicted molar refractivity (Wildman–Crippen MR) is 50.4 cm³/mol. The number of hydrogen-bond acceptors (Lipinski definition) is 1. The third kappa shape index (κ3) is 4.86. The lowest BCUT2D eigenvalue weighted by Gasteiger charge is -2.18. The van der Waals surface area contributed by atoms with Crippen LogP contribution in [0.4, 0.5) is 0 Å². The van der Waals surface area contributed by atoms with Gasteiger partial charge < -0.3 is 5.32 Å². The second-order valence-corrected chi connectivity index (χ2v) is 3.04. The van der Waals surface area contributed by atoms with Crippen molar-refractivity contribution in [1.29, 1.82) is 0 Å². The topological polar surface area (TPSA) is 12.0 Å². The lowest BCUT2D eigenvalue weighted by Crippen LogP contribution is -2.33. The summed E-state index contributed by atoms with van der Waals surface area (Å²) in [6.45, 7) is 9.52. The molecule has 0 aliphatic rings. The fourth-order valence-corrected chi connectivity index (χ4v) is 1.02. The SMILES string of the molecule is CC#CCC(NCC)C(C)C. The van der Waals surface area contributed by atoms with E-state index in [0.29, 0.717) is 12.0 Å². The van der Waals surface area contributed by atoms with Crippen molar-refractivity contribution < 1.29 is 0 Å². The normalized spacial score (nSPS) is 12.5. The molecule has 0 aliphatic heterocycles. The second-order valence-electron chi connectivity index (χ2n) is 3.04. The molecule has 0 radical (unpaired) electrons. The fourth-order valence-electron chi connectivity index (χ4n) is 1.02. The quantitative estimate of drug-likeness (QED) is 0.609.